The number of aryl methyl sites for hydroxylation is 2. The number of rotatable bonds is 8. The fourth-order valence-electron chi connectivity index (χ4n) is 3.58. The highest BCUT2D eigenvalue weighted by atomic mass is 32.2. The molecule has 0 aliphatic heterocycles. The number of sulfonamides is 1. The Bertz CT molecular complexity index is 1180. The van der Waals surface area contributed by atoms with Crippen LogP contribution < -0.4 is 0 Å². The SMILES string of the molecule is CCCCN(C(=O)O)S(=O)(=O)CCc1c(C)nn(C)c1-n1ccc2cc(F)ccc21. The average molecular weight is 437 g/mol. The minimum Gasteiger partial charge on any atom is -0.464 e. The Morgan fingerprint density at radius 1 is 1.30 bits per heavy atom. The van der Waals surface area contributed by atoms with Crippen LogP contribution in [0.15, 0.2) is 30.5 Å². The zero-order valence-corrected chi connectivity index (χ0v) is 18.0. The maximum atomic E-state index is 13.5. The molecular weight excluding hydrogens is 411 g/mol. The van der Waals surface area contributed by atoms with Crippen LogP contribution >= 0.6 is 0 Å². The number of nitrogens with zero attached hydrogens (tertiary/aromatic N) is 4. The van der Waals surface area contributed by atoms with Crippen LogP contribution in [0, 0.1) is 12.7 Å². The van der Waals surface area contributed by atoms with E-state index < -0.39 is 16.1 Å². The van der Waals surface area contributed by atoms with Crippen molar-refractivity contribution in [2.75, 3.05) is 12.3 Å². The van der Waals surface area contributed by atoms with Crippen molar-refractivity contribution in [1.82, 2.24) is 18.7 Å². The second-order valence-electron chi connectivity index (χ2n) is 7.17. The van der Waals surface area contributed by atoms with Gasteiger partial charge in [0, 0.05) is 30.7 Å². The Morgan fingerprint density at radius 2 is 2.03 bits per heavy atom. The largest absolute Gasteiger partial charge is 0.464 e. The van der Waals surface area contributed by atoms with E-state index in [4.69, 9.17) is 0 Å². The Kier molecular flexibility index (Phi) is 6.16. The number of aromatic nitrogens is 3. The Morgan fingerprint density at radius 3 is 2.70 bits per heavy atom. The maximum absolute atomic E-state index is 13.5. The first-order chi connectivity index (χ1) is 14.2. The number of amides is 1. The lowest BCUT2D eigenvalue weighted by Gasteiger charge is -2.19. The topological polar surface area (TPSA) is 97.4 Å². The summed E-state index contributed by atoms with van der Waals surface area (Å²) in [6.45, 7) is 3.59. The predicted octanol–water partition coefficient (Wildman–Crippen LogP) is 3.46. The van der Waals surface area contributed by atoms with Gasteiger partial charge in [-0.1, -0.05) is 13.3 Å². The van der Waals surface area contributed by atoms with Gasteiger partial charge >= 0.3 is 6.09 Å². The standard InChI is InChI=1S/C20H25FN4O4S/c1-4-5-10-25(20(26)27)30(28,29)12-9-17-14(2)22-23(3)19(17)24-11-8-15-13-16(21)6-7-18(15)24/h6-8,11,13H,4-5,9-10,12H2,1-3H3,(H,26,27). The van der Waals surface area contributed by atoms with E-state index in [1.807, 2.05) is 11.5 Å². The molecule has 0 spiro atoms. The molecule has 0 radical (unpaired) electrons. The molecule has 10 heteroatoms. The summed E-state index contributed by atoms with van der Waals surface area (Å²) < 4.78 is 42.9. The lowest BCUT2D eigenvalue weighted by atomic mass is 10.2. The van der Waals surface area contributed by atoms with Crippen molar-refractivity contribution in [3.05, 3.63) is 47.5 Å². The second kappa shape index (κ2) is 8.47. The summed E-state index contributed by atoms with van der Waals surface area (Å²) in [6.07, 6.45) is 1.57. The number of halogens is 1. The summed E-state index contributed by atoms with van der Waals surface area (Å²) in [5.74, 6) is -0.0237. The molecular formula is C20H25FN4O4S. The molecule has 0 atom stereocenters. The molecule has 8 nitrogen and oxygen atoms in total. The van der Waals surface area contributed by atoms with E-state index in [1.165, 1.54) is 12.1 Å². The first kappa shape index (κ1) is 21.8. The minimum absolute atomic E-state index is 0.0547. The van der Waals surface area contributed by atoms with Crippen molar-refractivity contribution in [3.8, 4) is 5.82 Å². The van der Waals surface area contributed by atoms with Gasteiger partial charge in [0.2, 0.25) is 10.0 Å². The number of benzene rings is 1. The summed E-state index contributed by atoms with van der Waals surface area (Å²) in [4.78, 5) is 11.5. The van der Waals surface area contributed by atoms with Gasteiger partial charge in [-0.25, -0.2) is 21.9 Å². The van der Waals surface area contributed by atoms with Crippen molar-refractivity contribution in [1.29, 1.82) is 0 Å². The van der Waals surface area contributed by atoms with Gasteiger partial charge in [-0.15, -0.1) is 0 Å². The normalized spacial score (nSPS) is 11.9. The van der Waals surface area contributed by atoms with E-state index in [9.17, 15) is 22.7 Å². The Hall–Kier alpha value is -2.88. The van der Waals surface area contributed by atoms with Crippen molar-refractivity contribution in [2.45, 2.75) is 33.1 Å². The van der Waals surface area contributed by atoms with Gasteiger partial charge in [0.05, 0.1) is 17.0 Å². The van der Waals surface area contributed by atoms with Crippen LogP contribution in [0.2, 0.25) is 0 Å². The van der Waals surface area contributed by atoms with Gasteiger partial charge in [0.15, 0.2) is 0 Å². The lowest BCUT2D eigenvalue weighted by Crippen LogP contribution is -2.38. The summed E-state index contributed by atoms with van der Waals surface area (Å²) in [5, 5.41) is 14.5. The number of fused-ring (bicyclic) bond motifs is 1. The number of carbonyl (C=O) groups is 1. The zero-order chi connectivity index (χ0) is 22.1. The molecule has 3 rings (SSSR count). The summed E-state index contributed by atoms with van der Waals surface area (Å²) in [5.41, 5.74) is 2.12. The van der Waals surface area contributed by atoms with Crippen molar-refractivity contribution in [2.24, 2.45) is 7.05 Å². The third-order valence-electron chi connectivity index (χ3n) is 5.07. The van der Waals surface area contributed by atoms with Crippen molar-refractivity contribution < 1.29 is 22.7 Å². The minimum atomic E-state index is -4.00. The van der Waals surface area contributed by atoms with Gasteiger partial charge in [0.25, 0.3) is 0 Å². The average Bonchev–Trinajstić information content (AvgIpc) is 3.18. The van der Waals surface area contributed by atoms with Crippen molar-refractivity contribution in [3.63, 3.8) is 0 Å². The molecule has 0 aliphatic rings. The van der Waals surface area contributed by atoms with Crippen LogP contribution in [0.1, 0.15) is 31.0 Å². The molecule has 0 saturated carbocycles. The first-order valence-corrected chi connectivity index (χ1v) is 11.3. The van der Waals surface area contributed by atoms with Crippen LogP contribution in [-0.4, -0.2) is 50.6 Å². The molecule has 3 aromatic rings. The quantitative estimate of drug-likeness (QED) is 0.583. The fraction of sp³-hybridized carbons (Fsp3) is 0.400. The van der Waals surface area contributed by atoms with Gasteiger partial charge < -0.3 is 9.67 Å². The third-order valence-corrected chi connectivity index (χ3v) is 6.80. The fourth-order valence-corrected chi connectivity index (χ4v) is 4.91. The number of carboxylic acid groups (broad SMARTS) is 1. The van der Waals surface area contributed by atoms with Crippen LogP contribution in [0.4, 0.5) is 9.18 Å². The maximum Gasteiger partial charge on any atom is 0.421 e. The highest BCUT2D eigenvalue weighted by Gasteiger charge is 2.28. The van der Waals surface area contributed by atoms with Gasteiger partial charge in [-0.05, 0) is 44.0 Å². The van der Waals surface area contributed by atoms with Crippen LogP contribution in [-0.2, 0) is 23.5 Å². The van der Waals surface area contributed by atoms with E-state index >= 15 is 0 Å². The first-order valence-electron chi connectivity index (χ1n) is 9.68. The van der Waals surface area contributed by atoms with Crippen LogP contribution in [0.25, 0.3) is 16.7 Å². The molecule has 30 heavy (non-hydrogen) atoms. The third kappa shape index (κ3) is 4.18. The van der Waals surface area contributed by atoms with E-state index in [1.54, 1.807) is 37.0 Å². The van der Waals surface area contributed by atoms with E-state index in [0.717, 1.165) is 5.52 Å². The molecule has 0 fully saturated rings. The number of hydrogen-bond acceptors (Lipinski definition) is 4. The molecule has 1 aromatic carbocycles. The predicted molar refractivity (Wildman–Crippen MR) is 112 cm³/mol. The van der Waals surface area contributed by atoms with Crippen molar-refractivity contribution >= 4 is 27.0 Å². The molecule has 1 N–H and O–H groups in total. The highest BCUT2D eigenvalue weighted by Crippen LogP contribution is 2.26. The van der Waals surface area contributed by atoms with Gasteiger partial charge in [-0.3, -0.25) is 4.68 Å². The molecule has 162 valence electrons. The molecule has 0 aliphatic carbocycles. The second-order valence-corrected chi connectivity index (χ2v) is 9.19. The molecule has 0 saturated heterocycles. The monoisotopic (exact) mass is 436 g/mol. The summed E-state index contributed by atoms with van der Waals surface area (Å²) in [7, 11) is -2.24. The highest BCUT2D eigenvalue weighted by molar-refractivity contribution is 7.89. The van der Waals surface area contributed by atoms with E-state index in [2.05, 4.69) is 5.10 Å². The molecule has 2 aromatic heterocycles. The lowest BCUT2D eigenvalue weighted by molar-refractivity contribution is 0.172. The number of unbranched alkanes of at least 4 members (excludes halogenated alkanes) is 1. The summed E-state index contributed by atoms with van der Waals surface area (Å²) >= 11 is 0. The molecule has 0 bridgehead atoms. The smallest absolute Gasteiger partial charge is 0.421 e. The van der Waals surface area contributed by atoms with Crippen LogP contribution in [0.3, 0.4) is 0 Å². The van der Waals surface area contributed by atoms with E-state index in [-0.39, 0.29) is 24.5 Å². The van der Waals surface area contributed by atoms with Crippen LogP contribution in [0.5, 0.6) is 0 Å². The van der Waals surface area contributed by atoms with E-state index in [0.29, 0.717) is 39.6 Å². The van der Waals surface area contributed by atoms with Gasteiger partial charge in [-0.2, -0.15) is 5.10 Å². The summed E-state index contributed by atoms with van der Waals surface area (Å²) in [6, 6.07) is 6.23. The number of hydrogen-bond donors (Lipinski definition) is 1. The Labute approximate surface area is 174 Å². The molecule has 0 unspecified atom stereocenters. The molecule has 2 heterocycles. The zero-order valence-electron chi connectivity index (χ0n) is 17.2. The van der Waals surface area contributed by atoms with Gasteiger partial charge in [0.1, 0.15) is 11.6 Å². The Balaban J connectivity index is 1.95. The molecule has 1 amide bonds.